The largest absolute Gasteiger partial charge is 0.396 e. The van der Waals surface area contributed by atoms with Crippen molar-refractivity contribution in [2.45, 2.75) is 65.0 Å². The summed E-state index contributed by atoms with van der Waals surface area (Å²) in [6.45, 7) is 9.27. The summed E-state index contributed by atoms with van der Waals surface area (Å²) >= 11 is 0. The van der Waals surface area contributed by atoms with Crippen molar-refractivity contribution in [2.75, 3.05) is 26.2 Å². The summed E-state index contributed by atoms with van der Waals surface area (Å²) in [7, 11) is 0. The first-order chi connectivity index (χ1) is 16.6. The Bertz CT molecular complexity index is 1140. The Morgan fingerprint density at radius 2 is 1.74 bits per heavy atom. The van der Waals surface area contributed by atoms with Crippen LogP contribution < -0.4 is 0 Å². The van der Waals surface area contributed by atoms with E-state index in [4.69, 9.17) is 5.11 Å². The molecule has 1 atom stereocenters. The zero-order valence-corrected chi connectivity index (χ0v) is 21.0. The second kappa shape index (κ2) is 10.3. The topological polar surface area (TPSA) is 52.2 Å². The maximum atomic E-state index is 13.3. The SMILES string of the molecule is Cc1cc(-c2[nH]c3ccc(C4CCN(CC(CCO)C(F)(F)F)CC4)cc3c2C(C)C)cc(C)n1. The average molecular weight is 488 g/mol. The number of aryl methyl sites for hydroxylation is 2. The molecule has 0 spiro atoms. The van der Waals surface area contributed by atoms with Crippen molar-refractivity contribution < 1.29 is 18.3 Å². The number of aliphatic hydroxyl groups excluding tert-OH is 1. The third-order valence-corrected chi connectivity index (χ3v) is 7.29. The number of hydrogen-bond donors (Lipinski definition) is 2. The fourth-order valence-electron chi connectivity index (χ4n) is 5.57. The number of benzene rings is 1. The van der Waals surface area contributed by atoms with E-state index in [-0.39, 0.29) is 13.0 Å². The minimum atomic E-state index is -4.27. The number of aromatic nitrogens is 2. The zero-order valence-electron chi connectivity index (χ0n) is 21.0. The number of hydrogen-bond acceptors (Lipinski definition) is 3. The lowest BCUT2D eigenvalue weighted by Crippen LogP contribution is -2.41. The molecule has 3 aromatic rings. The van der Waals surface area contributed by atoms with Gasteiger partial charge >= 0.3 is 6.18 Å². The highest BCUT2D eigenvalue weighted by atomic mass is 19.4. The van der Waals surface area contributed by atoms with Gasteiger partial charge in [0.2, 0.25) is 0 Å². The van der Waals surface area contributed by atoms with E-state index in [1.807, 2.05) is 18.7 Å². The quantitative estimate of drug-likeness (QED) is 0.389. The third kappa shape index (κ3) is 5.72. The van der Waals surface area contributed by atoms with Crippen LogP contribution in [0, 0.1) is 19.8 Å². The van der Waals surface area contributed by atoms with Crippen LogP contribution in [-0.4, -0.2) is 52.4 Å². The van der Waals surface area contributed by atoms with Gasteiger partial charge in [0, 0.05) is 41.0 Å². The maximum Gasteiger partial charge on any atom is 0.393 e. The van der Waals surface area contributed by atoms with E-state index in [1.54, 1.807) is 0 Å². The molecule has 0 radical (unpaired) electrons. The third-order valence-electron chi connectivity index (χ3n) is 7.29. The summed E-state index contributed by atoms with van der Waals surface area (Å²) < 4.78 is 39.8. The summed E-state index contributed by atoms with van der Waals surface area (Å²) in [6.07, 6.45) is -2.82. The lowest BCUT2D eigenvalue weighted by atomic mass is 9.87. The summed E-state index contributed by atoms with van der Waals surface area (Å²) in [6, 6.07) is 10.8. The van der Waals surface area contributed by atoms with Gasteiger partial charge in [-0.25, -0.2) is 0 Å². The first-order valence-corrected chi connectivity index (χ1v) is 12.6. The van der Waals surface area contributed by atoms with Gasteiger partial charge in [-0.3, -0.25) is 4.98 Å². The Labute approximate surface area is 205 Å². The zero-order chi connectivity index (χ0) is 25.3. The normalized spacial score (nSPS) is 16.9. The van der Waals surface area contributed by atoms with Crippen LogP contribution in [0.4, 0.5) is 13.2 Å². The van der Waals surface area contributed by atoms with Gasteiger partial charge in [0.25, 0.3) is 0 Å². The van der Waals surface area contributed by atoms with E-state index in [9.17, 15) is 13.2 Å². The second-order valence-corrected chi connectivity index (χ2v) is 10.3. The number of nitrogens with zero attached hydrogens (tertiary/aromatic N) is 2. The van der Waals surface area contributed by atoms with Gasteiger partial charge in [0.1, 0.15) is 0 Å². The van der Waals surface area contributed by atoms with Crippen molar-refractivity contribution in [1.29, 1.82) is 0 Å². The van der Waals surface area contributed by atoms with Crippen LogP contribution in [0.3, 0.4) is 0 Å². The van der Waals surface area contributed by atoms with Gasteiger partial charge in [0.15, 0.2) is 0 Å². The van der Waals surface area contributed by atoms with Gasteiger partial charge in [-0.15, -0.1) is 0 Å². The van der Waals surface area contributed by atoms with Crippen molar-refractivity contribution in [1.82, 2.24) is 14.9 Å². The van der Waals surface area contributed by atoms with Gasteiger partial charge in [0.05, 0.1) is 11.6 Å². The van der Waals surface area contributed by atoms with E-state index < -0.39 is 18.7 Å². The average Bonchev–Trinajstić information content (AvgIpc) is 3.17. The van der Waals surface area contributed by atoms with Gasteiger partial charge < -0.3 is 15.0 Å². The predicted molar refractivity (Wildman–Crippen MR) is 135 cm³/mol. The minimum absolute atomic E-state index is 0.0285. The van der Waals surface area contributed by atoms with E-state index in [1.165, 1.54) is 16.5 Å². The molecule has 1 saturated heterocycles. The fraction of sp³-hybridized carbons (Fsp3) is 0.536. The van der Waals surface area contributed by atoms with Crippen molar-refractivity contribution in [3.05, 3.63) is 52.8 Å². The maximum absolute atomic E-state index is 13.3. The molecule has 4 nitrogen and oxygen atoms in total. The molecule has 2 aromatic heterocycles. The van der Waals surface area contributed by atoms with Crippen molar-refractivity contribution >= 4 is 10.9 Å². The molecule has 0 saturated carbocycles. The van der Waals surface area contributed by atoms with Crippen LogP contribution in [0.15, 0.2) is 30.3 Å². The highest BCUT2D eigenvalue weighted by Gasteiger charge is 2.40. The summed E-state index contributed by atoms with van der Waals surface area (Å²) in [4.78, 5) is 10.1. The van der Waals surface area contributed by atoms with Gasteiger partial charge in [-0.2, -0.15) is 13.2 Å². The Morgan fingerprint density at radius 1 is 1.09 bits per heavy atom. The monoisotopic (exact) mass is 487 g/mol. The number of nitrogens with one attached hydrogen (secondary N) is 1. The molecule has 2 N–H and O–H groups in total. The summed E-state index contributed by atoms with van der Waals surface area (Å²) in [5.74, 6) is -0.801. The molecular formula is C28H36F3N3O. The molecule has 35 heavy (non-hydrogen) atoms. The molecule has 0 aliphatic carbocycles. The van der Waals surface area contributed by atoms with Crippen molar-refractivity contribution in [3.8, 4) is 11.3 Å². The number of pyridine rings is 1. The Morgan fingerprint density at radius 3 is 2.31 bits per heavy atom. The van der Waals surface area contributed by atoms with Crippen molar-refractivity contribution in [3.63, 3.8) is 0 Å². The first-order valence-electron chi connectivity index (χ1n) is 12.6. The molecule has 1 aliphatic heterocycles. The number of rotatable bonds is 7. The number of piperidine rings is 1. The second-order valence-electron chi connectivity index (χ2n) is 10.3. The lowest BCUT2D eigenvalue weighted by Gasteiger charge is -2.35. The Kier molecular flexibility index (Phi) is 7.57. The molecule has 190 valence electrons. The van der Waals surface area contributed by atoms with Crippen LogP contribution in [-0.2, 0) is 0 Å². The molecule has 4 rings (SSSR count). The molecular weight excluding hydrogens is 451 g/mol. The standard InChI is InChI=1S/C28H36F3N3O/c1-17(2)26-24-15-21(5-6-25(24)33-27(26)22-13-18(3)32-19(4)14-22)20-7-10-34(11-8-20)16-23(9-12-35)28(29,30)31/h5-6,13-15,17,20,23,33,35H,7-12,16H2,1-4H3. The molecule has 7 heteroatoms. The first kappa shape index (κ1) is 25.7. The number of aromatic amines is 1. The minimum Gasteiger partial charge on any atom is -0.396 e. The molecule has 1 aliphatic rings. The lowest BCUT2D eigenvalue weighted by molar-refractivity contribution is -0.183. The molecule has 0 amide bonds. The van der Waals surface area contributed by atoms with Crippen LogP contribution >= 0.6 is 0 Å². The van der Waals surface area contributed by atoms with Crippen LogP contribution in [0.5, 0.6) is 0 Å². The molecule has 3 heterocycles. The van der Waals surface area contributed by atoms with Crippen LogP contribution in [0.2, 0.25) is 0 Å². The summed E-state index contributed by atoms with van der Waals surface area (Å²) in [5.41, 5.74) is 7.93. The summed E-state index contributed by atoms with van der Waals surface area (Å²) in [5, 5.41) is 10.3. The number of alkyl halides is 3. The van der Waals surface area contributed by atoms with E-state index in [0.29, 0.717) is 24.9 Å². The van der Waals surface area contributed by atoms with Crippen LogP contribution in [0.1, 0.15) is 67.5 Å². The molecule has 1 fully saturated rings. The van der Waals surface area contributed by atoms with E-state index in [0.717, 1.165) is 41.0 Å². The van der Waals surface area contributed by atoms with Crippen molar-refractivity contribution in [2.24, 2.45) is 5.92 Å². The smallest absolute Gasteiger partial charge is 0.393 e. The number of H-pyrrole nitrogens is 1. The number of aliphatic hydroxyl groups is 1. The molecule has 0 bridgehead atoms. The van der Waals surface area contributed by atoms with Gasteiger partial charge in [-0.05, 0) is 93.4 Å². The Balaban J connectivity index is 1.56. The number of fused-ring (bicyclic) bond motifs is 1. The highest BCUT2D eigenvalue weighted by molar-refractivity contribution is 5.92. The number of likely N-dealkylation sites (tertiary alicyclic amines) is 1. The Hall–Kier alpha value is -2.38. The van der Waals surface area contributed by atoms with Crippen LogP contribution in [0.25, 0.3) is 22.2 Å². The highest BCUT2D eigenvalue weighted by Crippen LogP contribution is 2.39. The molecule has 1 aromatic carbocycles. The fourth-order valence-corrected chi connectivity index (χ4v) is 5.57. The van der Waals surface area contributed by atoms with E-state index in [2.05, 4.69) is 54.1 Å². The number of halogens is 3. The molecule has 1 unspecified atom stereocenters. The van der Waals surface area contributed by atoms with E-state index >= 15 is 0 Å². The van der Waals surface area contributed by atoms with Gasteiger partial charge in [-0.1, -0.05) is 19.9 Å². The predicted octanol–water partition coefficient (Wildman–Crippen LogP) is 6.71.